The minimum Gasteiger partial charge on any atom is -0.478 e. The molecule has 1 aromatic carbocycles. The van der Waals surface area contributed by atoms with Crippen LogP contribution < -0.4 is 0 Å². The maximum Gasteiger partial charge on any atom is 0.328 e. The van der Waals surface area contributed by atoms with Crippen molar-refractivity contribution in [2.24, 2.45) is 0 Å². The Kier molecular flexibility index (Phi) is 2.25. The summed E-state index contributed by atoms with van der Waals surface area (Å²) < 4.78 is 13.1. The highest BCUT2D eigenvalue weighted by Gasteiger charge is 2.02. The molecule has 0 amide bonds. The molecule has 0 saturated carbocycles. The van der Waals surface area contributed by atoms with E-state index in [4.69, 9.17) is 5.11 Å². The Hall–Kier alpha value is -2.10. The number of carbonyl (C=O) groups is 1. The van der Waals surface area contributed by atoms with Crippen LogP contribution in [0, 0.1) is 5.82 Å². The number of rotatable bonds is 2. The van der Waals surface area contributed by atoms with Crippen LogP contribution in [0.25, 0.3) is 17.0 Å². The summed E-state index contributed by atoms with van der Waals surface area (Å²) in [6.45, 7) is 0. The number of carboxylic acid groups (broad SMARTS) is 1. The van der Waals surface area contributed by atoms with E-state index in [2.05, 4.69) is 4.98 Å². The number of hydrogen-bond acceptors (Lipinski definition) is 1. The number of benzene rings is 1. The summed E-state index contributed by atoms with van der Waals surface area (Å²) in [6, 6.07) is 4.42. The fourth-order valence-corrected chi connectivity index (χ4v) is 1.46. The number of carboxylic acids is 1. The van der Waals surface area contributed by atoms with E-state index >= 15 is 0 Å². The molecule has 0 aliphatic rings. The minimum atomic E-state index is -1.06. The number of fused-ring (bicyclic) bond motifs is 1. The van der Waals surface area contributed by atoms with Gasteiger partial charge in [0, 0.05) is 23.2 Å². The van der Waals surface area contributed by atoms with Crippen LogP contribution in [-0.4, -0.2) is 16.1 Å². The van der Waals surface area contributed by atoms with E-state index in [0.717, 1.165) is 17.0 Å². The van der Waals surface area contributed by atoms with Gasteiger partial charge in [-0.05, 0) is 24.3 Å². The Morgan fingerprint density at radius 2 is 2.27 bits per heavy atom. The molecule has 0 aliphatic carbocycles. The third-order valence-corrected chi connectivity index (χ3v) is 2.06. The van der Waals surface area contributed by atoms with Gasteiger partial charge in [-0.2, -0.15) is 0 Å². The van der Waals surface area contributed by atoms with E-state index < -0.39 is 5.97 Å². The summed E-state index contributed by atoms with van der Waals surface area (Å²) in [7, 11) is 0. The number of H-pyrrole nitrogens is 1. The molecule has 0 aliphatic heterocycles. The van der Waals surface area contributed by atoms with E-state index in [-0.39, 0.29) is 5.82 Å². The second-order valence-corrected chi connectivity index (χ2v) is 3.11. The van der Waals surface area contributed by atoms with Crippen LogP contribution in [0.15, 0.2) is 30.5 Å². The molecule has 0 unspecified atom stereocenters. The Bertz CT molecular complexity index is 543. The van der Waals surface area contributed by atoms with E-state index in [0.29, 0.717) is 5.56 Å². The third-order valence-electron chi connectivity index (χ3n) is 2.06. The molecule has 2 N–H and O–H groups in total. The highest BCUT2D eigenvalue weighted by atomic mass is 19.1. The maximum atomic E-state index is 13.1. The smallest absolute Gasteiger partial charge is 0.328 e. The molecular weight excluding hydrogens is 197 g/mol. The lowest BCUT2D eigenvalue weighted by molar-refractivity contribution is -0.131. The Labute approximate surface area is 84.8 Å². The van der Waals surface area contributed by atoms with Crippen LogP contribution in [0.2, 0.25) is 0 Å². The van der Waals surface area contributed by atoms with Crippen molar-refractivity contribution in [1.29, 1.82) is 0 Å². The Morgan fingerprint density at radius 1 is 1.47 bits per heavy atom. The van der Waals surface area contributed by atoms with Crippen molar-refractivity contribution in [1.82, 2.24) is 4.98 Å². The van der Waals surface area contributed by atoms with Gasteiger partial charge in [0.1, 0.15) is 5.82 Å². The van der Waals surface area contributed by atoms with E-state index in [9.17, 15) is 9.18 Å². The zero-order valence-corrected chi connectivity index (χ0v) is 7.70. The van der Waals surface area contributed by atoms with Crippen molar-refractivity contribution in [3.8, 4) is 0 Å². The highest BCUT2D eigenvalue weighted by molar-refractivity contribution is 5.92. The van der Waals surface area contributed by atoms with E-state index in [1.54, 1.807) is 12.3 Å². The molecule has 1 heterocycles. The summed E-state index contributed by atoms with van der Waals surface area (Å²) in [5.41, 5.74) is 1.26. The first-order chi connectivity index (χ1) is 7.16. The molecule has 0 spiro atoms. The van der Waals surface area contributed by atoms with E-state index in [1.165, 1.54) is 18.2 Å². The monoisotopic (exact) mass is 205 g/mol. The molecule has 4 heteroatoms. The van der Waals surface area contributed by atoms with Crippen LogP contribution >= 0.6 is 0 Å². The average Bonchev–Trinajstić information content (AvgIpc) is 2.61. The first-order valence-electron chi connectivity index (χ1n) is 4.34. The molecule has 0 saturated heterocycles. The van der Waals surface area contributed by atoms with Gasteiger partial charge in [-0.25, -0.2) is 9.18 Å². The van der Waals surface area contributed by atoms with Gasteiger partial charge in [-0.15, -0.1) is 0 Å². The molecule has 2 rings (SSSR count). The van der Waals surface area contributed by atoms with Crippen molar-refractivity contribution >= 4 is 22.9 Å². The summed E-state index contributed by atoms with van der Waals surface area (Å²) in [4.78, 5) is 13.3. The zero-order chi connectivity index (χ0) is 10.8. The predicted octanol–water partition coefficient (Wildman–Crippen LogP) is 2.40. The van der Waals surface area contributed by atoms with Crippen molar-refractivity contribution in [2.45, 2.75) is 0 Å². The Morgan fingerprint density at radius 3 is 3.00 bits per heavy atom. The molecule has 0 radical (unpaired) electrons. The predicted molar refractivity (Wildman–Crippen MR) is 54.9 cm³/mol. The standard InChI is InChI=1S/C11H8FNO2/c12-9-5-7(1-2-10(14)15)11-8(6-9)3-4-13-11/h1-6,13H,(H,14,15)/b2-1+. The number of halogens is 1. The van der Waals surface area contributed by atoms with Crippen LogP contribution in [0.4, 0.5) is 4.39 Å². The van der Waals surface area contributed by atoms with Gasteiger partial charge in [-0.3, -0.25) is 0 Å². The third kappa shape index (κ3) is 1.88. The first-order valence-corrected chi connectivity index (χ1v) is 4.34. The molecule has 0 atom stereocenters. The molecule has 2 aromatic rings. The zero-order valence-electron chi connectivity index (χ0n) is 7.70. The van der Waals surface area contributed by atoms with Crippen LogP contribution in [0.3, 0.4) is 0 Å². The summed E-state index contributed by atoms with van der Waals surface area (Å²) in [5.74, 6) is -1.44. The topological polar surface area (TPSA) is 53.1 Å². The van der Waals surface area contributed by atoms with Crippen molar-refractivity contribution in [2.75, 3.05) is 0 Å². The quantitative estimate of drug-likeness (QED) is 0.739. The molecule has 0 fully saturated rings. The second-order valence-electron chi connectivity index (χ2n) is 3.11. The maximum absolute atomic E-state index is 13.1. The second kappa shape index (κ2) is 3.57. The number of aliphatic carboxylic acids is 1. The fourth-order valence-electron chi connectivity index (χ4n) is 1.46. The van der Waals surface area contributed by atoms with Crippen molar-refractivity contribution in [3.05, 3.63) is 41.9 Å². The van der Waals surface area contributed by atoms with Gasteiger partial charge in [0.25, 0.3) is 0 Å². The SMILES string of the molecule is O=C(O)/C=C/c1cc(F)cc2cc[nH]c12. The lowest BCUT2D eigenvalue weighted by Gasteiger charge is -1.97. The summed E-state index contributed by atoms with van der Waals surface area (Å²) >= 11 is 0. The summed E-state index contributed by atoms with van der Waals surface area (Å²) in [6.07, 6.45) is 4.03. The van der Waals surface area contributed by atoms with Gasteiger partial charge in [-0.1, -0.05) is 0 Å². The van der Waals surface area contributed by atoms with Gasteiger partial charge >= 0.3 is 5.97 Å². The highest BCUT2D eigenvalue weighted by Crippen LogP contribution is 2.20. The lowest BCUT2D eigenvalue weighted by Crippen LogP contribution is -1.87. The van der Waals surface area contributed by atoms with Crippen LogP contribution in [0.1, 0.15) is 5.56 Å². The minimum absolute atomic E-state index is 0.382. The molecule has 1 aromatic heterocycles. The molecule has 3 nitrogen and oxygen atoms in total. The van der Waals surface area contributed by atoms with Gasteiger partial charge < -0.3 is 10.1 Å². The molecule has 76 valence electrons. The molecule has 15 heavy (non-hydrogen) atoms. The van der Waals surface area contributed by atoms with Crippen LogP contribution in [0.5, 0.6) is 0 Å². The lowest BCUT2D eigenvalue weighted by atomic mass is 10.1. The van der Waals surface area contributed by atoms with Crippen LogP contribution in [-0.2, 0) is 4.79 Å². The number of aromatic nitrogens is 1. The number of nitrogens with one attached hydrogen (secondary N) is 1. The average molecular weight is 205 g/mol. The van der Waals surface area contributed by atoms with Gasteiger partial charge in [0.2, 0.25) is 0 Å². The molecule has 0 bridgehead atoms. The normalized spacial score (nSPS) is 11.3. The van der Waals surface area contributed by atoms with Gasteiger partial charge in [0.15, 0.2) is 0 Å². The largest absolute Gasteiger partial charge is 0.478 e. The van der Waals surface area contributed by atoms with Gasteiger partial charge in [0.05, 0.1) is 5.52 Å². The van der Waals surface area contributed by atoms with E-state index in [1.807, 2.05) is 0 Å². The Balaban J connectivity index is 2.58. The number of hydrogen-bond donors (Lipinski definition) is 2. The number of aromatic amines is 1. The summed E-state index contributed by atoms with van der Waals surface area (Å²) in [5, 5.41) is 9.20. The first kappa shape index (κ1) is 9.45. The van der Waals surface area contributed by atoms with Crippen molar-refractivity contribution in [3.63, 3.8) is 0 Å². The van der Waals surface area contributed by atoms with Crippen molar-refractivity contribution < 1.29 is 14.3 Å². The fraction of sp³-hybridized carbons (Fsp3) is 0. The molecular formula is C11H8FNO2.